The van der Waals surface area contributed by atoms with Crippen LogP contribution in [0.1, 0.15) is 11.3 Å². The summed E-state index contributed by atoms with van der Waals surface area (Å²) < 4.78 is 26.0. The van der Waals surface area contributed by atoms with E-state index in [-0.39, 0.29) is 10.6 Å². The summed E-state index contributed by atoms with van der Waals surface area (Å²) in [4.78, 5) is 10.7. The smallest absolute Gasteiger partial charge is 0.328 e. The molecule has 0 aliphatic heterocycles. The Morgan fingerprint density at radius 3 is 2.45 bits per heavy atom. The van der Waals surface area contributed by atoms with Gasteiger partial charge in [-0.15, -0.1) is 0 Å². The molecule has 1 aromatic heterocycles. The number of aryl methyl sites for hydroxylation is 1. The van der Waals surface area contributed by atoms with E-state index < -0.39 is 16.0 Å². The van der Waals surface area contributed by atoms with Crippen LogP contribution in [-0.2, 0) is 14.8 Å². The Bertz CT molecular complexity index is 755. The molecule has 5 nitrogen and oxygen atoms in total. The van der Waals surface area contributed by atoms with Crippen molar-refractivity contribution in [2.24, 2.45) is 0 Å². The highest BCUT2D eigenvalue weighted by molar-refractivity contribution is 7.90. The van der Waals surface area contributed by atoms with Crippen molar-refractivity contribution in [3.8, 4) is 0 Å². The minimum absolute atomic E-state index is 0.157. The fraction of sp³-hybridized carbons (Fsp3) is 0.0714. The van der Waals surface area contributed by atoms with Crippen LogP contribution in [0.2, 0.25) is 0 Å². The molecule has 0 saturated heterocycles. The fourth-order valence-corrected chi connectivity index (χ4v) is 3.04. The van der Waals surface area contributed by atoms with Gasteiger partial charge in [-0.2, -0.15) is 0 Å². The predicted octanol–water partition coefficient (Wildman–Crippen LogP) is 2.13. The third-order valence-corrected chi connectivity index (χ3v) is 4.44. The van der Waals surface area contributed by atoms with Crippen LogP contribution in [0.3, 0.4) is 0 Å². The van der Waals surface area contributed by atoms with Gasteiger partial charge in [0.2, 0.25) is 0 Å². The Labute approximate surface area is 116 Å². The van der Waals surface area contributed by atoms with E-state index in [4.69, 9.17) is 5.11 Å². The van der Waals surface area contributed by atoms with Gasteiger partial charge in [-0.05, 0) is 37.3 Å². The topological polar surface area (TPSA) is 76.4 Å². The lowest BCUT2D eigenvalue weighted by atomic mass is 10.2. The van der Waals surface area contributed by atoms with Gasteiger partial charge in [-0.1, -0.05) is 17.7 Å². The quantitative estimate of drug-likeness (QED) is 0.875. The molecule has 0 aliphatic carbocycles. The lowest BCUT2D eigenvalue weighted by molar-refractivity contribution is -0.131. The summed E-state index contributed by atoms with van der Waals surface area (Å²) in [5.74, 6) is -1.13. The van der Waals surface area contributed by atoms with Crippen molar-refractivity contribution in [1.82, 2.24) is 3.97 Å². The van der Waals surface area contributed by atoms with E-state index in [0.29, 0.717) is 0 Å². The Hall–Kier alpha value is -2.34. The second-order valence-corrected chi connectivity index (χ2v) is 6.03. The molecule has 6 heteroatoms. The number of hydrogen-bond donors (Lipinski definition) is 1. The summed E-state index contributed by atoms with van der Waals surface area (Å²) >= 11 is 0. The first-order valence-corrected chi connectivity index (χ1v) is 7.26. The zero-order chi connectivity index (χ0) is 14.8. The van der Waals surface area contributed by atoms with Gasteiger partial charge in [0.05, 0.1) is 10.6 Å². The number of rotatable bonds is 4. The zero-order valence-corrected chi connectivity index (χ0v) is 11.5. The molecule has 0 spiro atoms. The number of hydrogen-bond acceptors (Lipinski definition) is 3. The van der Waals surface area contributed by atoms with Crippen LogP contribution in [-0.4, -0.2) is 23.5 Å². The molecular formula is C14H13NO4S. The fourth-order valence-electron chi connectivity index (χ4n) is 1.71. The minimum atomic E-state index is -3.72. The maximum atomic E-state index is 12.5. The number of nitrogens with zero attached hydrogens (tertiary/aromatic N) is 1. The standard InChI is InChI=1S/C14H13NO4S/c1-11-4-7-13(8-5-11)20(18,19)15-10-2-3-12(15)6-9-14(16)17/h2-10H,1H3,(H,16,17)/b9-6+. The molecule has 0 saturated carbocycles. The van der Waals surface area contributed by atoms with E-state index in [1.807, 2.05) is 6.92 Å². The Morgan fingerprint density at radius 2 is 1.85 bits per heavy atom. The highest BCUT2D eigenvalue weighted by Crippen LogP contribution is 2.18. The van der Waals surface area contributed by atoms with Crippen molar-refractivity contribution < 1.29 is 18.3 Å². The molecule has 0 fully saturated rings. The van der Waals surface area contributed by atoms with Crippen molar-refractivity contribution in [3.63, 3.8) is 0 Å². The van der Waals surface area contributed by atoms with Gasteiger partial charge in [-0.25, -0.2) is 17.2 Å². The average Bonchev–Trinajstić information content (AvgIpc) is 2.86. The molecule has 0 atom stereocenters. The van der Waals surface area contributed by atoms with Crippen LogP contribution in [0.5, 0.6) is 0 Å². The predicted molar refractivity (Wildman–Crippen MR) is 74.9 cm³/mol. The molecular weight excluding hydrogens is 278 g/mol. The summed E-state index contributed by atoms with van der Waals surface area (Å²) in [6.07, 6.45) is 3.53. The molecule has 0 bridgehead atoms. The number of benzene rings is 1. The van der Waals surface area contributed by atoms with Crippen LogP contribution in [0, 0.1) is 6.92 Å². The van der Waals surface area contributed by atoms with Crippen molar-refractivity contribution in [3.05, 3.63) is 59.9 Å². The van der Waals surface area contributed by atoms with Crippen molar-refractivity contribution in [1.29, 1.82) is 0 Å². The third kappa shape index (κ3) is 2.80. The lowest BCUT2D eigenvalue weighted by Crippen LogP contribution is -2.13. The molecule has 2 rings (SSSR count). The summed E-state index contributed by atoms with van der Waals surface area (Å²) in [7, 11) is -3.72. The first-order valence-electron chi connectivity index (χ1n) is 5.82. The highest BCUT2D eigenvalue weighted by atomic mass is 32.2. The van der Waals surface area contributed by atoms with E-state index in [1.54, 1.807) is 18.2 Å². The van der Waals surface area contributed by atoms with E-state index in [0.717, 1.165) is 15.6 Å². The van der Waals surface area contributed by atoms with Crippen LogP contribution >= 0.6 is 0 Å². The highest BCUT2D eigenvalue weighted by Gasteiger charge is 2.18. The van der Waals surface area contributed by atoms with E-state index >= 15 is 0 Å². The largest absolute Gasteiger partial charge is 0.478 e. The van der Waals surface area contributed by atoms with Gasteiger partial charge in [0.25, 0.3) is 10.0 Å². The van der Waals surface area contributed by atoms with Crippen LogP contribution in [0.25, 0.3) is 6.08 Å². The minimum Gasteiger partial charge on any atom is -0.478 e. The molecule has 2 aromatic rings. The monoisotopic (exact) mass is 291 g/mol. The zero-order valence-electron chi connectivity index (χ0n) is 10.7. The van der Waals surface area contributed by atoms with Gasteiger partial charge in [0.1, 0.15) is 0 Å². The second kappa shape index (κ2) is 5.34. The van der Waals surface area contributed by atoms with E-state index in [9.17, 15) is 13.2 Å². The summed E-state index contributed by atoms with van der Waals surface area (Å²) in [6.45, 7) is 1.87. The molecule has 20 heavy (non-hydrogen) atoms. The maximum Gasteiger partial charge on any atom is 0.328 e. The van der Waals surface area contributed by atoms with Crippen LogP contribution in [0.15, 0.2) is 53.6 Å². The lowest BCUT2D eigenvalue weighted by Gasteiger charge is -2.08. The van der Waals surface area contributed by atoms with Gasteiger partial charge >= 0.3 is 5.97 Å². The summed E-state index contributed by atoms with van der Waals surface area (Å²) in [5, 5.41) is 8.61. The number of aliphatic carboxylic acids is 1. The first kappa shape index (κ1) is 14.1. The molecule has 104 valence electrons. The summed E-state index contributed by atoms with van der Waals surface area (Å²) in [6, 6.07) is 9.55. The third-order valence-electron chi connectivity index (χ3n) is 2.72. The Balaban J connectivity index is 2.48. The Morgan fingerprint density at radius 1 is 1.20 bits per heavy atom. The SMILES string of the molecule is Cc1ccc(S(=O)(=O)n2cccc2/C=C/C(=O)O)cc1. The molecule has 1 heterocycles. The van der Waals surface area contributed by atoms with Gasteiger partial charge in [0.15, 0.2) is 0 Å². The number of carboxylic acid groups (broad SMARTS) is 1. The normalized spacial score (nSPS) is 11.8. The van der Waals surface area contributed by atoms with Crippen LogP contribution in [0.4, 0.5) is 0 Å². The van der Waals surface area contributed by atoms with Crippen LogP contribution < -0.4 is 0 Å². The first-order chi connectivity index (χ1) is 9.41. The number of carbonyl (C=O) groups is 1. The van der Waals surface area contributed by atoms with Crippen molar-refractivity contribution >= 4 is 22.1 Å². The van der Waals surface area contributed by atoms with E-state index in [1.165, 1.54) is 30.5 Å². The van der Waals surface area contributed by atoms with E-state index in [2.05, 4.69) is 0 Å². The van der Waals surface area contributed by atoms with Gasteiger partial charge in [-0.3, -0.25) is 0 Å². The van der Waals surface area contributed by atoms with Gasteiger partial charge < -0.3 is 5.11 Å². The molecule has 1 aromatic carbocycles. The molecule has 1 N–H and O–H groups in total. The molecule has 0 radical (unpaired) electrons. The Kier molecular flexibility index (Phi) is 3.76. The second-order valence-electron chi connectivity index (χ2n) is 4.22. The average molecular weight is 291 g/mol. The molecule has 0 aliphatic rings. The number of carboxylic acids is 1. The van der Waals surface area contributed by atoms with Crippen molar-refractivity contribution in [2.45, 2.75) is 11.8 Å². The molecule has 0 amide bonds. The maximum absolute atomic E-state index is 12.5. The number of aromatic nitrogens is 1. The van der Waals surface area contributed by atoms with Gasteiger partial charge in [0, 0.05) is 12.3 Å². The van der Waals surface area contributed by atoms with Crippen molar-refractivity contribution in [2.75, 3.05) is 0 Å². The molecule has 0 unspecified atom stereocenters. The summed E-state index contributed by atoms with van der Waals surface area (Å²) in [5.41, 5.74) is 1.25.